The molecule has 4 aromatic rings. The maximum atomic E-state index is 12.9. The van der Waals surface area contributed by atoms with Crippen LogP contribution in [0.25, 0.3) is 22.0 Å². The van der Waals surface area contributed by atoms with Crippen LogP contribution in [-0.2, 0) is 18.4 Å². The van der Waals surface area contributed by atoms with E-state index < -0.39 is 0 Å². The Bertz CT molecular complexity index is 1240. The van der Waals surface area contributed by atoms with Crippen LogP contribution < -0.4 is 5.32 Å². The van der Waals surface area contributed by atoms with E-state index in [4.69, 9.17) is 4.42 Å². The van der Waals surface area contributed by atoms with Gasteiger partial charge in [0.1, 0.15) is 17.9 Å². The Morgan fingerprint density at radius 3 is 2.69 bits per heavy atom. The van der Waals surface area contributed by atoms with E-state index in [1.807, 2.05) is 32.4 Å². The van der Waals surface area contributed by atoms with Crippen LogP contribution >= 0.6 is 0 Å². The molecule has 0 atom stereocenters. The minimum absolute atomic E-state index is 0.0166. The number of anilines is 1. The molecule has 1 aliphatic rings. The number of benzene rings is 1. The van der Waals surface area contributed by atoms with Crippen molar-refractivity contribution in [3.8, 4) is 11.3 Å². The molecular weight excluding hydrogens is 404 g/mol. The molecule has 0 aliphatic carbocycles. The lowest BCUT2D eigenvalue weighted by atomic mass is 9.96. The number of carbonyl (C=O) groups excluding carboxylic acids is 1. The van der Waals surface area contributed by atoms with Gasteiger partial charge in [-0.3, -0.25) is 9.69 Å². The second-order valence-electron chi connectivity index (χ2n) is 8.35. The fourth-order valence-corrected chi connectivity index (χ4v) is 4.24. The van der Waals surface area contributed by atoms with E-state index in [0.29, 0.717) is 18.3 Å². The maximum Gasteiger partial charge on any atom is 0.228 e. The van der Waals surface area contributed by atoms with E-state index in [1.54, 1.807) is 12.5 Å². The average molecular weight is 431 g/mol. The molecule has 0 saturated carbocycles. The number of piperidine rings is 1. The zero-order valence-corrected chi connectivity index (χ0v) is 18.3. The quantitative estimate of drug-likeness (QED) is 0.518. The summed E-state index contributed by atoms with van der Waals surface area (Å²) in [6.07, 6.45) is 8.56. The van der Waals surface area contributed by atoms with Crippen LogP contribution in [0.15, 0.2) is 53.5 Å². The number of pyridine rings is 1. The molecule has 4 heterocycles. The normalized spacial score (nSPS) is 15.3. The number of imidazole rings is 1. The number of carbonyl (C=O) groups is 1. The zero-order chi connectivity index (χ0) is 22.1. The monoisotopic (exact) mass is 430 g/mol. The standard InChI is InChI=1S/C24H26N6O2/c1-16-26-14-21(29(16)2)18-3-4-19-13-27-22(12-20(19)11-18)28-24(31)17-5-8-30(9-6-17)15-23-25-7-10-32-23/h3-4,7,10-14,17H,5-6,8-9,15H2,1-2H3,(H,27,28,31). The van der Waals surface area contributed by atoms with Gasteiger partial charge in [-0.05, 0) is 50.4 Å². The Morgan fingerprint density at radius 2 is 1.97 bits per heavy atom. The van der Waals surface area contributed by atoms with Crippen molar-refractivity contribution in [3.63, 3.8) is 0 Å². The van der Waals surface area contributed by atoms with Crippen LogP contribution in [0.4, 0.5) is 5.82 Å². The molecule has 0 bridgehead atoms. The van der Waals surface area contributed by atoms with Crippen molar-refractivity contribution in [2.75, 3.05) is 18.4 Å². The first kappa shape index (κ1) is 20.4. The van der Waals surface area contributed by atoms with Gasteiger partial charge in [-0.1, -0.05) is 12.1 Å². The van der Waals surface area contributed by atoms with Crippen molar-refractivity contribution >= 4 is 22.5 Å². The molecule has 3 aromatic heterocycles. The van der Waals surface area contributed by atoms with Gasteiger partial charge in [0.15, 0.2) is 0 Å². The Morgan fingerprint density at radius 1 is 1.12 bits per heavy atom. The molecule has 1 fully saturated rings. The number of aryl methyl sites for hydroxylation is 1. The van der Waals surface area contributed by atoms with E-state index in [9.17, 15) is 4.79 Å². The van der Waals surface area contributed by atoms with Crippen LogP contribution in [0.3, 0.4) is 0 Å². The molecule has 0 spiro atoms. The first-order chi connectivity index (χ1) is 15.6. The Balaban J connectivity index is 1.25. The molecule has 164 valence electrons. The predicted octanol–water partition coefficient (Wildman–Crippen LogP) is 3.78. The second kappa shape index (κ2) is 8.55. The summed E-state index contributed by atoms with van der Waals surface area (Å²) >= 11 is 0. The van der Waals surface area contributed by atoms with Gasteiger partial charge in [0.25, 0.3) is 0 Å². The number of hydrogen-bond acceptors (Lipinski definition) is 6. The minimum Gasteiger partial charge on any atom is -0.448 e. The molecule has 5 rings (SSSR count). The van der Waals surface area contributed by atoms with Gasteiger partial charge in [-0.25, -0.2) is 15.0 Å². The first-order valence-electron chi connectivity index (χ1n) is 10.9. The molecule has 1 aromatic carbocycles. The SMILES string of the molecule is Cc1ncc(-c2ccc3cnc(NC(=O)C4CCN(Cc5ncco5)CC4)cc3c2)n1C. The van der Waals surface area contributed by atoms with Gasteiger partial charge in [0, 0.05) is 30.1 Å². The van der Waals surface area contributed by atoms with Gasteiger partial charge in [-0.2, -0.15) is 0 Å². The number of nitrogens with one attached hydrogen (secondary N) is 1. The summed E-state index contributed by atoms with van der Waals surface area (Å²) < 4.78 is 7.39. The third kappa shape index (κ3) is 4.13. The number of rotatable bonds is 5. The number of amides is 1. The predicted molar refractivity (Wildman–Crippen MR) is 122 cm³/mol. The van der Waals surface area contributed by atoms with Crippen LogP contribution in [0.2, 0.25) is 0 Å². The molecule has 1 amide bonds. The molecule has 1 N–H and O–H groups in total. The Labute approximate surface area is 186 Å². The highest BCUT2D eigenvalue weighted by atomic mass is 16.3. The molecule has 0 radical (unpaired) electrons. The molecule has 1 saturated heterocycles. The number of aromatic nitrogens is 4. The number of oxazole rings is 1. The first-order valence-corrected chi connectivity index (χ1v) is 10.9. The van der Waals surface area contributed by atoms with Crippen molar-refractivity contribution in [2.24, 2.45) is 13.0 Å². The number of nitrogens with zero attached hydrogens (tertiary/aromatic N) is 5. The van der Waals surface area contributed by atoms with Crippen molar-refractivity contribution in [3.05, 3.63) is 60.8 Å². The van der Waals surface area contributed by atoms with Crippen LogP contribution in [0.5, 0.6) is 0 Å². The molecule has 8 heteroatoms. The summed E-state index contributed by atoms with van der Waals surface area (Å²) in [7, 11) is 2.01. The topological polar surface area (TPSA) is 89.1 Å². The Hall–Kier alpha value is -3.52. The van der Waals surface area contributed by atoms with E-state index >= 15 is 0 Å². The summed E-state index contributed by atoms with van der Waals surface area (Å²) in [5.41, 5.74) is 2.14. The van der Waals surface area contributed by atoms with E-state index in [2.05, 4.69) is 47.9 Å². The fourth-order valence-electron chi connectivity index (χ4n) is 4.24. The average Bonchev–Trinajstić information content (AvgIpc) is 3.43. The van der Waals surface area contributed by atoms with Gasteiger partial charge in [0.05, 0.1) is 24.6 Å². The lowest BCUT2D eigenvalue weighted by Crippen LogP contribution is -2.37. The minimum atomic E-state index is -0.0166. The highest BCUT2D eigenvalue weighted by molar-refractivity contribution is 5.95. The van der Waals surface area contributed by atoms with Crippen molar-refractivity contribution in [2.45, 2.75) is 26.3 Å². The van der Waals surface area contributed by atoms with Crippen molar-refractivity contribution in [1.29, 1.82) is 0 Å². The number of hydrogen-bond donors (Lipinski definition) is 1. The lowest BCUT2D eigenvalue weighted by molar-refractivity contribution is -0.121. The fraction of sp³-hybridized carbons (Fsp3) is 0.333. The zero-order valence-electron chi connectivity index (χ0n) is 18.3. The summed E-state index contributed by atoms with van der Waals surface area (Å²) in [5.74, 6) is 2.29. The molecule has 0 unspecified atom stereocenters. The third-order valence-corrected chi connectivity index (χ3v) is 6.29. The second-order valence-corrected chi connectivity index (χ2v) is 8.35. The van der Waals surface area contributed by atoms with Gasteiger partial charge in [0.2, 0.25) is 11.8 Å². The molecule has 1 aliphatic heterocycles. The molecular formula is C24H26N6O2. The smallest absolute Gasteiger partial charge is 0.228 e. The highest BCUT2D eigenvalue weighted by Gasteiger charge is 2.26. The van der Waals surface area contributed by atoms with Crippen molar-refractivity contribution < 1.29 is 9.21 Å². The van der Waals surface area contributed by atoms with Gasteiger partial charge in [-0.15, -0.1) is 0 Å². The largest absolute Gasteiger partial charge is 0.448 e. The number of fused-ring (bicyclic) bond motifs is 1. The Kier molecular flexibility index (Phi) is 5.45. The van der Waals surface area contributed by atoms with E-state index in [1.165, 1.54) is 0 Å². The third-order valence-electron chi connectivity index (χ3n) is 6.29. The summed E-state index contributed by atoms with van der Waals surface area (Å²) in [5, 5.41) is 5.09. The van der Waals surface area contributed by atoms with E-state index in [-0.39, 0.29) is 11.8 Å². The van der Waals surface area contributed by atoms with Crippen LogP contribution in [0.1, 0.15) is 24.6 Å². The summed E-state index contributed by atoms with van der Waals surface area (Å²) in [4.78, 5) is 28.1. The summed E-state index contributed by atoms with van der Waals surface area (Å²) in [6.45, 7) is 4.37. The number of likely N-dealkylation sites (tertiary alicyclic amines) is 1. The summed E-state index contributed by atoms with van der Waals surface area (Å²) in [6, 6.07) is 8.18. The lowest BCUT2D eigenvalue weighted by Gasteiger charge is -2.30. The molecule has 8 nitrogen and oxygen atoms in total. The molecule has 32 heavy (non-hydrogen) atoms. The van der Waals surface area contributed by atoms with Gasteiger partial charge < -0.3 is 14.3 Å². The van der Waals surface area contributed by atoms with Crippen LogP contribution in [-0.4, -0.2) is 43.4 Å². The van der Waals surface area contributed by atoms with Gasteiger partial charge >= 0.3 is 0 Å². The van der Waals surface area contributed by atoms with Crippen LogP contribution in [0, 0.1) is 12.8 Å². The maximum absolute atomic E-state index is 12.9. The van der Waals surface area contributed by atoms with Crippen molar-refractivity contribution in [1.82, 2.24) is 24.4 Å². The van der Waals surface area contributed by atoms with E-state index in [0.717, 1.165) is 53.8 Å². The highest BCUT2D eigenvalue weighted by Crippen LogP contribution is 2.26.